The standard InChI is InChI=1S/C9H19N.C6H13N/c1-3-9-5-7-10(4-2)8-6-9;1-6-3-2-4-7-5-6/h9H,3-8H2,1-2H3;6-7H,2-5H2,1H3. The number of nitrogens with zero attached hydrogens (tertiary/aromatic N) is 1. The van der Waals surface area contributed by atoms with Crippen molar-refractivity contribution in [3.05, 3.63) is 0 Å². The van der Waals surface area contributed by atoms with Crippen LogP contribution in [0.1, 0.15) is 52.9 Å². The van der Waals surface area contributed by atoms with Crippen molar-refractivity contribution in [3.8, 4) is 0 Å². The van der Waals surface area contributed by atoms with Gasteiger partial charge >= 0.3 is 0 Å². The van der Waals surface area contributed by atoms with Gasteiger partial charge in [-0.25, -0.2) is 0 Å². The summed E-state index contributed by atoms with van der Waals surface area (Å²) < 4.78 is 0. The number of likely N-dealkylation sites (tertiary alicyclic amines) is 1. The average molecular weight is 240 g/mol. The predicted molar refractivity (Wildman–Crippen MR) is 76.4 cm³/mol. The second-order valence-electron chi connectivity index (χ2n) is 5.74. The van der Waals surface area contributed by atoms with Crippen LogP contribution in [0.25, 0.3) is 0 Å². The summed E-state index contributed by atoms with van der Waals surface area (Å²) in [6, 6.07) is 0. The Morgan fingerprint density at radius 1 is 1.12 bits per heavy atom. The summed E-state index contributed by atoms with van der Waals surface area (Å²) in [5.74, 6) is 1.96. The molecular formula is C15H32N2. The Hall–Kier alpha value is -0.0800. The van der Waals surface area contributed by atoms with E-state index in [1.54, 1.807) is 0 Å². The molecule has 2 heterocycles. The van der Waals surface area contributed by atoms with Gasteiger partial charge < -0.3 is 10.2 Å². The van der Waals surface area contributed by atoms with Crippen molar-refractivity contribution in [2.75, 3.05) is 32.7 Å². The summed E-state index contributed by atoms with van der Waals surface area (Å²) in [4.78, 5) is 2.55. The lowest BCUT2D eigenvalue weighted by atomic mass is 9.95. The fourth-order valence-corrected chi connectivity index (χ4v) is 2.74. The lowest BCUT2D eigenvalue weighted by Gasteiger charge is -2.30. The first-order chi connectivity index (χ1) is 8.26. The van der Waals surface area contributed by atoms with E-state index in [2.05, 4.69) is 31.0 Å². The quantitative estimate of drug-likeness (QED) is 0.798. The van der Waals surface area contributed by atoms with Crippen LogP contribution in [-0.2, 0) is 0 Å². The minimum absolute atomic E-state index is 0.925. The molecule has 0 aromatic carbocycles. The minimum Gasteiger partial charge on any atom is -0.316 e. The largest absolute Gasteiger partial charge is 0.316 e. The third-order valence-corrected chi connectivity index (χ3v) is 4.27. The van der Waals surface area contributed by atoms with Gasteiger partial charge in [-0.05, 0) is 70.2 Å². The van der Waals surface area contributed by atoms with Gasteiger partial charge in [-0.2, -0.15) is 0 Å². The Kier molecular flexibility index (Phi) is 7.87. The van der Waals surface area contributed by atoms with E-state index in [0.717, 1.165) is 11.8 Å². The molecule has 2 nitrogen and oxygen atoms in total. The summed E-state index contributed by atoms with van der Waals surface area (Å²) in [7, 11) is 0. The van der Waals surface area contributed by atoms with Crippen LogP contribution in [0.2, 0.25) is 0 Å². The molecule has 0 aromatic heterocycles. The molecule has 2 aliphatic heterocycles. The molecule has 2 aliphatic rings. The maximum absolute atomic E-state index is 3.33. The van der Waals surface area contributed by atoms with Gasteiger partial charge in [0.15, 0.2) is 0 Å². The highest BCUT2D eigenvalue weighted by Crippen LogP contribution is 2.19. The van der Waals surface area contributed by atoms with Crippen molar-refractivity contribution in [2.24, 2.45) is 11.8 Å². The average Bonchev–Trinajstić information content (AvgIpc) is 2.40. The highest BCUT2D eigenvalue weighted by Gasteiger charge is 2.15. The fourth-order valence-electron chi connectivity index (χ4n) is 2.74. The van der Waals surface area contributed by atoms with Crippen LogP contribution in [0.5, 0.6) is 0 Å². The molecule has 2 saturated heterocycles. The van der Waals surface area contributed by atoms with Crippen LogP contribution >= 0.6 is 0 Å². The maximum atomic E-state index is 3.33. The van der Waals surface area contributed by atoms with E-state index in [9.17, 15) is 0 Å². The molecule has 2 fully saturated rings. The van der Waals surface area contributed by atoms with Crippen LogP contribution in [0.3, 0.4) is 0 Å². The fraction of sp³-hybridized carbons (Fsp3) is 1.00. The summed E-state index contributed by atoms with van der Waals surface area (Å²) in [5.41, 5.74) is 0. The first-order valence-corrected chi connectivity index (χ1v) is 7.69. The first-order valence-electron chi connectivity index (χ1n) is 7.69. The van der Waals surface area contributed by atoms with Crippen LogP contribution < -0.4 is 5.32 Å². The highest BCUT2D eigenvalue weighted by atomic mass is 15.1. The molecule has 0 saturated carbocycles. The van der Waals surface area contributed by atoms with E-state index in [1.807, 2.05) is 0 Å². The molecular weight excluding hydrogens is 208 g/mol. The third kappa shape index (κ3) is 6.42. The summed E-state index contributed by atoms with van der Waals surface area (Å²) in [6.07, 6.45) is 7.06. The third-order valence-electron chi connectivity index (χ3n) is 4.27. The van der Waals surface area contributed by atoms with Gasteiger partial charge in [0.05, 0.1) is 0 Å². The van der Waals surface area contributed by atoms with E-state index in [1.165, 1.54) is 64.8 Å². The van der Waals surface area contributed by atoms with E-state index >= 15 is 0 Å². The number of hydrogen-bond acceptors (Lipinski definition) is 2. The van der Waals surface area contributed by atoms with Gasteiger partial charge in [-0.3, -0.25) is 0 Å². The first kappa shape index (κ1) is 15.0. The van der Waals surface area contributed by atoms with Crippen LogP contribution in [0.15, 0.2) is 0 Å². The Balaban J connectivity index is 0.000000181. The second kappa shape index (κ2) is 8.93. The Morgan fingerprint density at radius 2 is 1.82 bits per heavy atom. The van der Waals surface area contributed by atoms with E-state index < -0.39 is 0 Å². The number of hydrogen-bond donors (Lipinski definition) is 1. The predicted octanol–water partition coefficient (Wildman–Crippen LogP) is 3.13. The molecule has 0 radical (unpaired) electrons. The summed E-state index contributed by atoms with van der Waals surface area (Å²) >= 11 is 0. The molecule has 0 aromatic rings. The molecule has 17 heavy (non-hydrogen) atoms. The minimum atomic E-state index is 0.925. The summed E-state index contributed by atoms with van der Waals surface area (Å²) in [5, 5.41) is 3.33. The molecule has 1 unspecified atom stereocenters. The van der Waals surface area contributed by atoms with Gasteiger partial charge in [-0.15, -0.1) is 0 Å². The zero-order valence-electron chi connectivity index (χ0n) is 12.2. The summed E-state index contributed by atoms with van der Waals surface area (Å²) in [6.45, 7) is 13.3. The molecule has 2 rings (SSSR count). The molecule has 0 aliphatic carbocycles. The van der Waals surface area contributed by atoms with E-state index in [4.69, 9.17) is 0 Å². The van der Waals surface area contributed by atoms with Crippen LogP contribution in [0.4, 0.5) is 0 Å². The molecule has 1 N–H and O–H groups in total. The lowest BCUT2D eigenvalue weighted by molar-refractivity contribution is 0.190. The van der Waals surface area contributed by atoms with Crippen molar-refractivity contribution in [1.82, 2.24) is 10.2 Å². The van der Waals surface area contributed by atoms with Crippen molar-refractivity contribution in [1.29, 1.82) is 0 Å². The van der Waals surface area contributed by atoms with Gasteiger partial charge in [0.25, 0.3) is 0 Å². The Labute approximate surface area is 108 Å². The van der Waals surface area contributed by atoms with Gasteiger partial charge in [0.1, 0.15) is 0 Å². The van der Waals surface area contributed by atoms with Crippen LogP contribution in [-0.4, -0.2) is 37.6 Å². The smallest absolute Gasteiger partial charge is 0.00162 e. The molecule has 102 valence electrons. The van der Waals surface area contributed by atoms with Crippen molar-refractivity contribution < 1.29 is 0 Å². The number of rotatable bonds is 2. The number of nitrogens with one attached hydrogen (secondary N) is 1. The maximum Gasteiger partial charge on any atom is -0.00162 e. The Morgan fingerprint density at radius 3 is 2.18 bits per heavy atom. The zero-order chi connectivity index (χ0) is 12.5. The molecule has 0 bridgehead atoms. The van der Waals surface area contributed by atoms with Gasteiger partial charge in [-0.1, -0.05) is 27.2 Å². The van der Waals surface area contributed by atoms with Crippen molar-refractivity contribution in [3.63, 3.8) is 0 Å². The normalized spacial score (nSPS) is 27.4. The van der Waals surface area contributed by atoms with Crippen LogP contribution in [0, 0.1) is 11.8 Å². The van der Waals surface area contributed by atoms with E-state index in [0.29, 0.717) is 0 Å². The zero-order valence-corrected chi connectivity index (χ0v) is 12.2. The Bertz CT molecular complexity index is 156. The van der Waals surface area contributed by atoms with Gasteiger partial charge in [0.2, 0.25) is 0 Å². The highest BCUT2D eigenvalue weighted by molar-refractivity contribution is 4.69. The van der Waals surface area contributed by atoms with Gasteiger partial charge in [0, 0.05) is 0 Å². The molecule has 0 amide bonds. The molecule has 1 atom stereocenters. The van der Waals surface area contributed by atoms with E-state index in [-0.39, 0.29) is 0 Å². The molecule has 0 spiro atoms. The monoisotopic (exact) mass is 240 g/mol. The lowest BCUT2D eigenvalue weighted by Crippen LogP contribution is -2.33. The van der Waals surface area contributed by atoms with Crippen molar-refractivity contribution >= 4 is 0 Å². The topological polar surface area (TPSA) is 15.3 Å². The number of piperidine rings is 2. The SMILES string of the molecule is CC1CCCNC1.CCC1CCN(CC)CC1. The molecule has 2 heteroatoms. The van der Waals surface area contributed by atoms with Crippen molar-refractivity contribution in [2.45, 2.75) is 52.9 Å². The second-order valence-corrected chi connectivity index (χ2v) is 5.74.